The lowest BCUT2D eigenvalue weighted by Crippen LogP contribution is -2.38. The zero-order chi connectivity index (χ0) is 9.00. The highest BCUT2D eigenvalue weighted by atomic mass is 35.5. The lowest BCUT2D eigenvalue weighted by atomic mass is 9.68. The van der Waals surface area contributed by atoms with Crippen molar-refractivity contribution in [2.75, 3.05) is 0 Å². The number of fused-ring (bicyclic) bond motifs is 1. The third-order valence-corrected chi connectivity index (χ3v) is 4.61. The summed E-state index contributed by atoms with van der Waals surface area (Å²) in [5.74, 6) is 1.69. The molecule has 4 fully saturated rings. The Morgan fingerprint density at radius 3 is 2.92 bits per heavy atom. The van der Waals surface area contributed by atoms with Crippen LogP contribution in [0.2, 0.25) is 0 Å². The van der Waals surface area contributed by atoms with E-state index in [4.69, 9.17) is 11.6 Å². The van der Waals surface area contributed by atoms with E-state index in [2.05, 4.69) is 5.32 Å². The first-order valence-corrected chi connectivity index (χ1v) is 5.62. The average molecular weight is 200 g/mol. The largest absolute Gasteiger partial charge is 0.353 e. The van der Waals surface area contributed by atoms with E-state index in [1.165, 1.54) is 12.8 Å². The predicted octanol–water partition coefficient (Wildman–Crippen LogP) is 1.53. The molecule has 0 aromatic heterocycles. The van der Waals surface area contributed by atoms with Crippen LogP contribution in [0.5, 0.6) is 0 Å². The van der Waals surface area contributed by atoms with E-state index in [1.807, 2.05) is 0 Å². The van der Waals surface area contributed by atoms with Gasteiger partial charge < -0.3 is 5.32 Å². The van der Waals surface area contributed by atoms with Gasteiger partial charge in [0, 0.05) is 11.4 Å². The normalized spacial score (nSPS) is 53.3. The van der Waals surface area contributed by atoms with E-state index < -0.39 is 0 Å². The SMILES string of the molecule is O=C1NC2CC3CC(C2)[C@H](Cl)C1C3. The van der Waals surface area contributed by atoms with Crippen molar-refractivity contribution in [1.82, 2.24) is 5.32 Å². The van der Waals surface area contributed by atoms with Gasteiger partial charge in [0.05, 0.1) is 5.92 Å². The van der Waals surface area contributed by atoms with Crippen molar-refractivity contribution >= 4 is 17.5 Å². The topological polar surface area (TPSA) is 29.1 Å². The number of alkyl halides is 1. The Kier molecular flexibility index (Phi) is 1.64. The fourth-order valence-corrected chi connectivity index (χ4v) is 3.86. The second-order valence-corrected chi connectivity index (χ2v) is 5.33. The van der Waals surface area contributed by atoms with Crippen LogP contribution in [-0.2, 0) is 4.79 Å². The molecular weight excluding hydrogens is 186 g/mol. The molecule has 2 aliphatic carbocycles. The van der Waals surface area contributed by atoms with E-state index in [-0.39, 0.29) is 17.2 Å². The van der Waals surface area contributed by atoms with Crippen molar-refractivity contribution in [1.29, 1.82) is 0 Å². The first-order valence-electron chi connectivity index (χ1n) is 5.18. The van der Waals surface area contributed by atoms with Crippen LogP contribution in [0.3, 0.4) is 0 Å². The van der Waals surface area contributed by atoms with Crippen LogP contribution < -0.4 is 5.32 Å². The molecule has 3 heteroatoms. The Hall–Kier alpha value is -0.240. The maximum Gasteiger partial charge on any atom is 0.224 e. The molecule has 72 valence electrons. The molecule has 1 amide bonds. The van der Waals surface area contributed by atoms with E-state index in [0.29, 0.717) is 12.0 Å². The number of carbonyl (C=O) groups is 1. The molecule has 2 heterocycles. The molecule has 2 nitrogen and oxygen atoms in total. The minimum atomic E-state index is 0.109. The second-order valence-electron chi connectivity index (χ2n) is 4.83. The van der Waals surface area contributed by atoms with Crippen LogP contribution in [0, 0.1) is 17.8 Å². The predicted molar refractivity (Wildman–Crippen MR) is 50.5 cm³/mol. The first-order chi connectivity index (χ1) is 6.24. The first kappa shape index (κ1) is 8.10. The summed E-state index contributed by atoms with van der Waals surface area (Å²) in [7, 11) is 0. The third kappa shape index (κ3) is 1.11. The van der Waals surface area contributed by atoms with Crippen LogP contribution in [0.25, 0.3) is 0 Å². The van der Waals surface area contributed by atoms with Crippen molar-refractivity contribution < 1.29 is 4.79 Å². The lowest BCUT2D eigenvalue weighted by Gasteiger charge is -2.40. The van der Waals surface area contributed by atoms with Gasteiger partial charge in [0.25, 0.3) is 0 Å². The summed E-state index contributed by atoms with van der Waals surface area (Å²) >= 11 is 6.31. The van der Waals surface area contributed by atoms with Crippen LogP contribution in [0.1, 0.15) is 25.7 Å². The van der Waals surface area contributed by atoms with Gasteiger partial charge in [-0.2, -0.15) is 0 Å². The Balaban J connectivity index is 1.99. The van der Waals surface area contributed by atoms with Gasteiger partial charge in [0.1, 0.15) is 0 Å². The Morgan fingerprint density at radius 2 is 2.08 bits per heavy atom. The summed E-state index contributed by atoms with van der Waals surface area (Å²) in [6, 6.07) is 0.435. The highest BCUT2D eigenvalue weighted by Gasteiger charge is 2.48. The van der Waals surface area contributed by atoms with Crippen molar-refractivity contribution in [2.24, 2.45) is 17.8 Å². The third-order valence-electron chi connectivity index (χ3n) is 3.95. The summed E-state index contributed by atoms with van der Waals surface area (Å²) < 4.78 is 0. The quantitative estimate of drug-likeness (QED) is 0.589. The zero-order valence-electron chi connectivity index (χ0n) is 7.50. The van der Waals surface area contributed by atoms with Gasteiger partial charge in [-0.25, -0.2) is 0 Å². The maximum absolute atomic E-state index is 11.7. The number of nitrogens with one attached hydrogen (secondary N) is 1. The number of hydrogen-bond acceptors (Lipinski definition) is 1. The van der Waals surface area contributed by atoms with Gasteiger partial charge in [0.2, 0.25) is 5.91 Å². The molecule has 5 atom stereocenters. The second kappa shape index (κ2) is 2.63. The molecule has 0 spiro atoms. The van der Waals surface area contributed by atoms with Gasteiger partial charge in [-0.15, -0.1) is 11.6 Å². The summed E-state index contributed by atoms with van der Waals surface area (Å²) in [4.78, 5) is 11.7. The molecule has 4 rings (SSSR count). The van der Waals surface area contributed by atoms with Crippen molar-refractivity contribution in [3.05, 3.63) is 0 Å². The molecule has 4 bridgehead atoms. The summed E-state index contributed by atoms with van der Waals surface area (Å²) in [6.07, 6.45) is 4.61. The Bertz CT molecular complexity index is 255. The lowest BCUT2D eigenvalue weighted by molar-refractivity contribution is -0.125. The molecule has 2 saturated heterocycles. The van der Waals surface area contributed by atoms with Crippen molar-refractivity contribution in [3.8, 4) is 0 Å². The summed E-state index contributed by atoms with van der Waals surface area (Å²) in [5.41, 5.74) is 0. The molecule has 4 aliphatic rings. The molecule has 13 heavy (non-hydrogen) atoms. The number of carbonyl (C=O) groups excluding carboxylic acids is 1. The minimum Gasteiger partial charge on any atom is -0.353 e. The molecule has 2 saturated carbocycles. The van der Waals surface area contributed by atoms with Crippen LogP contribution in [0.15, 0.2) is 0 Å². The van der Waals surface area contributed by atoms with Gasteiger partial charge in [0.15, 0.2) is 0 Å². The Labute approximate surface area is 83.0 Å². The average Bonchev–Trinajstić information content (AvgIpc) is 2.24. The van der Waals surface area contributed by atoms with Gasteiger partial charge in [-0.3, -0.25) is 4.79 Å². The van der Waals surface area contributed by atoms with E-state index in [1.54, 1.807) is 0 Å². The van der Waals surface area contributed by atoms with Crippen molar-refractivity contribution in [3.63, 3.8) is 0 Å². The molecule has 0 aromatic carbocycles. The minimum absolute atomic E-state index is 0.109. The van der Waals surface area contributed by atoms with Gasteiger partial charge >= 0.3 is 0 Å². The maximum atomic E-state index is 11.7. The van der Waals surface area contributed by atoms with Crippen molar-refractivity contribution in [2.45, 2.75) is 37.1 Å². The monoisotopic (exact) mass is 199 g/mol. The summed E-state index contributed by atoms with van der Waals surface area (Å²) in [5, 5.41) is 3.22. The highest BCUT2D eigenvalue weighted by molar-refractivity contribution is 6.22. The fourth-order valence-electron chi connectivity index (χ4n) is 3.43. The number of hydrogen-bond donors (Lipinski definition) is 1. The number of rotatable bonds is 0. The number of halogens is 1. The zero-order valence-corrected chi connectivity index (χ0v) is 8.26. The van der Waals surface area contributed by atoms with E-state index in [9.17, 15) is 4.79 Å². The smallest absolute Gasteiger partial charge is 0.224 e. The van der Waals surface area contributed by atoms with Crippen LogP contribution in [-0.4, -0.2) is 17.3 Å². The highest BCUT2D eigenvalue weighted by Crippen LogP contribution is 2.47. The fraction of sp³-hybridized carbons (Fsp3) is 0.900. The molecule has 4 unspecified atom stereocenters. The number of amides is 1. The molecule has 0 aromatic rings. The molecule has 1 N–H and O–H groups in total. The Morgan fingerprint density at radius 1 is 1.23 bits per heavy atom. The molecule has 0 radical (unpaired) electrons. The summed E-state index contributed by atoms with van der Waals surface area (Å²) in [6.45, 7) is 0. The standard InChI is InChI=1S/C10H14ClNO/c11-9-6-1-5-2-7(4-6)12-10(13)8(9)3-5/h5-9H,1-4H2,(H,12,13)/t5?,6?,7?,8?,9-/m0/s1. The molecular formula is C10H14ClNO. The van der Waals surface area contributed by atoms with Crippen LogP contribution in [0.4, 0.5) is 0 Å². The van der Waals surface area contributed by atoms with Crippen LogP contribution >= 0.6 is 11.6 Å². The van der Waals surface area contributed by atoms with E-state index >= 15 is 0 Å². The van der Waals surface area contributed by atoms with Gasteiger partial charge in [-0.05, 0) is 37.5 Å². The van der Waals surface area contributed by atoms with E-state index in [0.717, 1.165) is 18.8 Å². The van der Waals surface area contributed by atoms with Gasteiger partial charge in [-0.1, -0.05) is 0 Å². The molecule has 2 aliphatic heterocycles.